The van der Waals surface area contributed by atoms with Crippen molar-refractivity contribution in [2.45, 2.75) is 0 Å². The van der Waals surface area contributed by atoms with Crippen LogP contribution in [0.5, 0.6) is 0 Å². The summed E-state index contributed by atoms with van der Waals surface area (Å²) in [7, 11) is 0. The van der Waals surface area contributed by atoms with Gasteiger partial charge in [-0.15, -0.1) is 0 Å². The van der Waals surface area contributed by atoms with Crippen LogP contribution in [0.1, 0.15) is 0 Å². The summed E-state index contributed by atoms with van der Waals surface area (Å²) in [5.41, 5.74) is 0. The van der Waals surface area contributed by atoms with Crippen LogP contribution in [0.3, 0.4) is 0 Å². The first-order valence-corrected chi connectivity index (χ1v) is 2.52. The fourth-order valence-corrected chi connectivity index (χ4v) is 0. The van der Waals surface area contributed by atoms with E-state index in [1.54, 1.807) is 0 Å². The van der Waals surface area contributed by atoms with Crippen molar-refractivity contribution in [3.05, 3.63) is 0 Å². The van der Waals surface area contributed by atoms with Crippen LogP contribution >= 0.6 is 0 Å². The molecule has 34 valence electrons. The summed E-state index contributed by atoms with van der Waals surface area (Å²) in [5, 5.41) is 0. The Balaban J connectivity index is -0.0000000275. The molecule has 4 nitrogen and oxygen atoms in total. The summed E-state index contributed by atoms with van der Waals surface area (Å²) in [5.74, 6) is 0. The molecule has 2 N–H and O–H groups in total. The Bertz CT molecular complexity index is 34.8. The minimum atomic E-state index is -2.00. The molecule has 0 aromatic rings. The zero-order valence-electron chi connectivity index (χ0n) is 2.72. The van der Waals surface area contributed by atoms with Crippen LogP contribution in [0, 0.1) is 0 Å². The van der Waals surface area contributed by atoms with Gasteiger partial charge in [0.1, 0.15) is 0 Å². The van der Waals surface area contributed by atoms with Gasteiger partial charge in [-0.3, -0.25) is 0 Å². The van der Waals surface area contributed by atoms with E-state index in [-0.39, 0.29) is 5.48 Å². The maximum absolute atomic E-state index is 8.50. The third-order valence-electron chi connectivity index (χ3n) is 0. The summed E-state index contributed by atoms with van der Waals surface area (Å²) in [6.07, 6.45) is 0. The van der Waals surface area contributed by atoms with Gasteiger partial charge in [0, 0.05) is 0 Å². The van der Waals surface area contributed by atoms with Gasteiger partial charge in [0.15, 0.2) is 0 Å². The molecule has 0 unspecified atom stereocenters. The molecule has 0 aromatic heterocycles. The first-order valence-electron chi connectivity index (χ1n) is 0.612. The SMILES string of the molecule is O.[O]=[Ti].[O]=[Ti]=[O]. The normalized spacial score (nSPS) is 1.83. The van der Waals surface area contributed by atoms with Gasteiger partial charge < -0.3 is 5.48 Å². The van der Waals surface area contributed by atoms with Gasteiger partial charge >= 0.3 is 49.5 Å². The molecule has 6 heteroatoms. The molecule has 0 amide bonds. The third-order valence-corrected chi connectivity index (χ3v) is 0. The van der Waals surface area contributed by atoms with Crippen molar-refractivity contribution < 1.29 is 54.9 Å². The molecule has 0 bridgehead atoms. The second-order valence-electron chi connectivity index (χ2n) is 0.0833. The Morgan fingerprint density at radius 1 is 1.17 bits per heavy atom. The Hall–Kier alpha value is 0.789. The van der Waals surface area contributed by atoms with Crippen LogP contribution in [0.4, 0.5) is 0 Å². The summed E-state index contributed by atoms with van der Waals surface area (Å²) >= 11 is -1.25. The zero-order chi connectivity index (χ0) is 4.71. The molecule has 0 fully saturated rings. The fraction of sp³-hybridized carbons (Fsp3) is 0. The van der Waals surface area contributed by atoms with E-state index < -0.39 is 19.1 Å². The topological polar surface area (TPSA) is 82.7 Å². The molecule has 0 aliphatic heterocycles. The van der Waals surface area contributed by atoms with Crippen molar-refractivity contribution in [3.63, 3.8) is 0 Å². The van der Waals surface area contributed by atoms with E-state index in [0.29, 0.717) is 0 Å². The van der Waals surface area contributed by atoms with Crippen molar-refractivity contribution in [3.8, 4) is 0 Å². The van der Waals surface area contributed by atoms with E-state index in [0.717, 1.165) is 20.4 Å². The molecule has 0 aromatic carbocycles. The molecule has 6 heavy (non-hydrogen) atoms. The van der Waals surface area contributed by atoms with Gasteiger partial charge in [-0.2, -0.15) is 0 Å². The summed E-state index contributed by atoms with van der Waals surface area (Å²) in [6.45, 7) is 0. The van der Waals surface area contributed by atoms with Gasteiger partial charge in [-0.25, -0.2) is 0 Å². The maximum atomic E-state index is 8.50. The van der Waals surface area contributed by atoms with Crippen LogP contribution < -0.4 is 0 Å². The Morgan fingerprint density at radius 2 is 1.17 bits per heavy atom. The van der Waals surface area contributed by atoms with Gasteiger partial charge in [0.25, 0.3) is 0 Å². The molecule has 0 atom stereocenters. The standard InChI is InChI=1S/H2O.3O.2Ti/h1H2;;;;;. The van der Waals surface area contributed by atoms with Crippen LogP contribution in [0.25, 0.3) is 0 Å². The molecule has 0 saturated carbocycles. The van der Waals surface area contributed by atoms with Gasteiger partial charge in [-0.05, 0) is 0 Å². The average molecular weight is 162 g/mol. The molecular formula is H2O4Ti2. The van der Waals surface area contributed by atoms with Crippen molar-refractivity contribution in [2.75, 3.05) is 0 Å². The Labute approximate surface area is 54.9 Å². The van der Waals surface area contributed by atoms with Crippen molar-refractivity contribution in [2.24, 2.45) is 0 Å². The predicted octanol–water partition coefficient (Wildman–Crippen LogP) is -1.19. The van der Waals surface area contributed by atoms with E-state index in [4.69, 9.17) is 9.97 Å². The first-order chi connectivity index (χ1) is 2.41. The number of hydrogen-bond acceptors (Lipinski definition) is 3. The zero-order valence-corrected chi connectivity index (χ0v) is 5.85. The predicted molar refractivity (Wildman–Crippen MR) is 5.67 cm³/mol. The molecule has 0 radical (unpaired) electrons. The molecule has 0 aliphatic carbocycles. The monoisotopic (exact) mass is 162 g/mol. The molecule has 0 spiro atoms. The van der Waals surface area contributed by atoms with Crippen LogP contribution in [-0.2, 0) is 49.5 Å². The van der Waals surface area contributed by atoms with Crippen LogP contribution in [-0.4, -0.2) is 5.48 Å². The van der Waals surface area contributed by atoms with Gasteiger partial charge in [-0.1, -0.05) is 0 Å². The third kappa shape index (κ3) is 111. The molecule has 0 heterocycles. The van der Waals surface area contributed by atoms with E-state index in [1.165, 1.54) is 0 Å². The second-order valence-corrected chi connectivity index (χ2v) is 0.344. The summed E-state index contributed by atoms with van der Waals surface area (Å²) in [6, 6.07) is 0. The Morgan fingerprint density at radius 3 is 1.17 bits per heavy atom. The molecular weight excluding hydrogens is 160 g/mol. The van der Waals surface area contributed by atoms with E-state index in [2.05, 4.69) is 0 Å². The number of hydrogen-bond donors (Lipinski definition) is 0. The van der Waals surface area contributed by atoms with Gasteiger partial charge in [0.2, 0.25) is 0 Å². The van der Waals surface area contributed by atoms with E-state index >= 15 is 0 Å². The van der Waals surface area contributed by atoms with Crippen molar-refractivity contribution in [1.29, 1.82) is 0 Å². The van der Waals surface area contributed by atoms with E-state index in [9.17, 15) is 0 Å². The second kappa shape index (κ2) is 41.5. The summed E-state index contributed by atoms with van der Waals surface area (Å²) in [4.78, 5) is 0. The first kappa shape index (κ1) is 15.8. The van der Waals surface area contributed by atoms with Gasteiger partial charge in [0.05, 0.1) is 0 Å². The fourth-order valence-electron chi connectivity index (χ4n) is 0. The van der Waals surface area contributed by atoms with Crippen LogP contribution in [0.2, 0.25) is 0 Å². The van der Waals surface area contributed by atoms with E-state index in [1.807, 2.05) is 0 Å². The van der Waals surface area contributed by atoms with Crippen molar-refractivity contribution >= 4 is 0 Å². The minimum absolute atomic E-state index is 0. The quantitative estimate of drug-likeness (QED) is 0.419. The summed E-state index contributed by atoms with van der Waals surface area (Å²) < 4.78 is 25.2. The van der Waals surface area contributed by atoms with Crippen molar-refractivity contribution in [1.82, 2.24) is 0 Å². The molecule has 0 saturated heterocycles. The number of rotatable bonds is 0. The average Bonchev–Trinajstić information content (AvgIpc) is 1.46. The van der Waals surface area contributed by atoms with Crippen LogP contribution in [0.15, 0.2) is 0 Å². The molecule has 0 rings (SSSR count). The molecule has 0 aliphatic rings. The Kier molecular flexibility index (Phi) is 110.